The lowest BCUT2D eigenvalue weighted by atomic mass is 9.93. The minimum atomic E-state index is 0.861. The van der Waals surface area contributed by atoms with E-state index >= 15 is 0 Å². The van der Waals surface area contributed by atoms with Gasteiger partial charge in [0.1, 0.15) is 0 Å². The highest BCUT2D eigenvalue weighted by Crippen LogP contribution is 2.14. The van der Waals surface area contributed by atoms with Crippen LogP contribution in [0, 0.1) is 5.92 Å². The van der Waals surface area contributed by atoms with Crippen LogP contribution in [0.2, 0.25) is 0 Å². The average Bonchev–Trinajstić information content (AvgIpc) is 2.11. The number of rotatable bonds is 4. The predicted octanol–water partition coefficient (Wildman–Crippen LogP) is 1.51. The zero-order chi connectivity index (χ0) is 10.7. The molecule has 0 aliphatic carbocycles. The van der Waals surface area contributed by atoms with Crippen LogP contribution < -0.4 is 5.32 Å². The van der Waals surface area contributed by atoms with E-state index in [4.69, 9.17) is 0 Å². The van der Waals surface area contributed by atoms with E-state index in [0.717, 1.165) is 12.5 Å². The van der Waals surface area contributed by atoms with Gasteiger partial charge in [0.25, 0.3) is 0 Å². The molecule has 0 unspecified atom stereocenters. The van der Waals surface area contributed by atoms with Crippen LogP contribution in [0.4, 0.5) is 0 Å². The minimum Gasteiger partial charge on any atom is -0.316 e. The van der Waals surface area contributed by atoms with Gasteiger partial charge in [-0.3, -0.25) is 0 Å². The van der Waals surface area contributed by atoms with Crippen molar-refractivity contribution in [2.75, 3.05) is 27.2 Å². The fraction of sp³-hybridized carbons (Fsp3) is 0.538. The molecule has 0 saturated carbocycles. The van der Waals surface area contributed by atoms with Crippen LogP contribution in [-0.4, -0.2) is 32.1 Å². The third-order valence-electron chi connectivity index (χ3n) is 2.88. The summed E-state index contributed by atoms with van der Waals surface area (Å²) in [5.74, 6) is 0.861. The van der Waals surface area contributed by atoms with Crippen LogP contribution in [0.15, 0.2) is 24.3 Å². The predicted molar refractivity (Wildman–Crippen MR) is 63.9 cm³/mol. The fourth-order valence-electron chi connectivity index (χ4n) is 2.05. The van der Waals surface area contributed by atoms with Crippen LogP contribution in [0.3, 0.4) is 0 Å². The van der Waals surface area contributed by atoms with E-state index < -0.39 is 0 Å². The second-order valence-electron chi connectivity index (χ2n) is 4.79. The SMILES string of the molecule is CN(C)Cc1cccc(CC2CNC2)c1. The molecule has 82 valence electrons. The molecule has 1 N–H and O–H groups in total. The molecule has 0 atom stereocenters. The normalized spacial score (nSPS) is 16.7. The Morgan fingerprint density at radius 2 is 2.00 bits per heavy atom. The summed E-state index contributed by atoms with van der Waals surface area (Å²) in [6.45, 7) is 3.42. The molecule has 0 radical (unpaired) electrons. The van der Waals surface area contributed by atoms with Crippen LogP contribution in [0.25, 0.3) is 0 Å². The maximum atomic E-state index is 3.32. The summed E-state index contributed by atoms with van der Waals surface area (Å²) in [5.41, 5.74) is 2.91. The zero-order valence-electron chi connectivity index (χ0n) is 9.66. The van der Waals surface area contributed by atoms with Crippen molar-refractivity contribution in [1.29, 1.82) is 0 Å². The summed E-state index contributed by atoms with van der Waals surface area (Å²) >= 11 is 0. The lowest BCUT2D eigenvalue weighted by molar-refractivity contribution is 0.346. The molecular formula is C13H20N2. The molecule has 2 nitrogen and oxygen atoms in total. The smallest absolute Gasteiger partial charge is 0.0227 e. The molecule has 1 fully saturated rings. The molecule has 1 aliphatic rings. The first kappa shape index (κ1) is 10.7. The van der Waals surface area contributed by atoms with Gasteiger partial charge in [-0.25, -0.2) is 0 Å². The number of hydrogen-bond acceptors (Lipinski definition) is 2. The first-order valence-corrected chi connectivity index (χ1v) is 5.67. The molecule has 2 heteroatoms. The molecule has 1 saturated heterocycles. The highest BCUT2D eigenvalue weighted by atomic mass is 15.0. The van der Waals surface area contributed by atoms with Gasteiger partial charge in [0, 0.05) is 6.54 Å². The summed E-state index contributed by atoms with van der Waals surface area (Å²) in [6, 6.07) is 8.98. The van der Waals surface area contributed by atoms with Crippen molar-refractivity contribution in [3.8, 4) is 0 Å². The molecule has 2 rings (SSSR count). The molecule has 0 amide bonds. The van der Waals surface area contributed by atoms with Gasteiger partial charge < -0.3 is 10.2 Å². The number of nitrogens with one attached hydrogen (secondary N) is 1. The Morgan fingerprint density at radius 3 is 2.60 bits per heavy atom. The van der Waals surface area contributed by atoms with Gasteiger partial charge in [0.2, 0.25) is 0 Å². The standard InChI is InChI=1S/C13H20N2/c1-15(2)10-12-5-3-4-11(6-12)7-13-8-14-9-13/h3-6,13-14H,7-10H2,1-2H3. The van der Waals surface area contributed by atoms with Gasteiger partial charge in [-0.15, -0.1) is 0 Å². The lowest BCUT2D eigenvalue weighted by Gasteiger charge is -2.27. The van der Waals surface area contributed by atoms with Crippen molar-refractivity contribution in [2.45, 2.75) is 13.0 Å². The number of benzene rings is 1. The third-order valence-corrected chi connectivity index (χ3v) is 2.88. The number of nitrogens with zero attached hydrogens (tertiary/aromatic N) is 1. The first-order chi connectivity index (χ1) is 7.24. The van der Waals surface area contributed by atoms with Gasteiger partial charge >= 0.3 is 0 Å². The minimum absolute atomic E-state index is 0.861. The average molecular weight is 204 g/mol. The first-order valence-electron chi connectivity index (χ1n) is 5.67. The van der Waals surface area contributed by atoms with Gasteiger partial charge in [-0.1, -0.05) is 24.3 Å². The maximum Gasteiger partial charge on any atom is 0.0227 e. The van der Waals surface area contributed by atoms with E-state index in [9.17, 15) is 0 Å². The van der Waals surface area contributed by atoms with Crippen molar-refractivity contribution in [3.05, 3.63) is 35.4 Å². The number of hydrogen-bond donors (Lipinski definition) is 1. The quantitative estimate of drug-likeness (QED) is 0.800. The molecule has 0 spiro atoms. The van der Waals surface area contributed by atoms with Crippen LogP contribution in [0.1, 0.15) is 11.1 Å². The monoisotopic (exact) mass is 204 g/mol. The molecule has 1 aliphatic heterocycles. The summed E-state index contributed by atoms with van der Waals surface area (Å²) in [7, 11) is 4.23. The van der Waals surface area contributed by atoms with Crippen LogP contribution in [-0.2, 0) is 13.0 Å². The van der Waals surface area contributed by atoms with E-state index in [2.05, 4.69) is 48.6 Å². The molecule has 1 aromatic rings. The summed E-state index contributed by atoms with van der Waals surface area (Å²) in [6.07, 6.45) is 1.23. The lowest BCUT2D eigenvalue weighted by Crippen LogP contribution is -2.43. The van der Waals surface area contributed by atoms with E-state index in [0.29, 0.717) is 0 Å². The Labute approximate surface area is 92.3 Å². The Kier molecular flexibility index (Phi) is 3.39. The Balaban J connectivity index is 1.98. The second kappa shape index (κ2) is 4.77. The van der Waals surface area contributed by atoms with Gasteiger partial charge in [-0.2, -0.15) is 0 Å². The maximum absolute atomic E-state index is 3.32. The topological polar surface area (TPSA) is 15.3 Å². The molecule has 1 heterocycles. The highest BCUT2D eigenvalue weighted by Gasteiger charge is 2.16. The van der Waals surface area contributed by atoms with Crippen molar-refractivity contribution >= 4 is 0 Å². The molecule has 15 heavy (non-hydrogen) atoms. The second-order valence-corrected chi connectivity index (χ2v) is 4.79. The van der Waals surface area contributed by atoms with Crippen molar-refractivity contribution in [1.82, 2.24) is 10.2 Å². The summed E-state index contributed by atoms with van der Waals surface area (Å²) < 4.78 is 0. The zero-order valence-corrected chi connectivity index (χ0v) is 9.66. The Morgan fingerprint density at radius 1 is 1.27 bits per heavy atom. The van der Waals surface area contributed by atoms with Gasteiger partial charge in [0.15, 0.2) is 0 Å². The summed E-state index contributed by atoms with van der Waals surface area (Å²) in [5, 5.41) is 3.32. The molecule has 0 bridgehead atoms. The van der Waals surface area contributed by atoms with Crippen LogP contribution >= 0.6 is 0 Å². The highest BCUT2D eigenvalue weighted by molar-refractivity contribution is 5.24. The molecule has 1 aromatic carbocycles. The van der Waals surface area contributed by atoms with E-state index in [1.807, 2.05) is 0 Å². The Hall–Kier alpha value is -0.860. The molecular weight excluding hydrogens is 184 g/mol. The fourth-order valence-corrected chi connectivity index (χ4v) is 2.05. The van der Waals surface area contributed by atoms with E-state index in [1.165, 1.54) is 30.6 Å². The third kappa shape index (κ3) is 3.05. The largest absolute Gasteiger partial charge is 0.316 e. The van der Waals surface area contributed by atoms with Crippen molar-refractivity contribution in [2.24, 2.45) is 5.92 Å². The van der Waals surface area contributed by atoms with Gasteiger partial charge in [-0.05, 0) is 50.7 Å². The van der Waals surface area contributed by atoms with E-state index in [-0.39, 0.29) is 0 Å². The summed E-state index contributed by atoms with van der Waals surface area (Å²) in [4.78, 5) is 2.21. The van der Waals surface area contributed by atoms with Crippen LogP contribution in [0.5, 0.6) is 0 Å². The van der Waals surface area contributed by atoms with Gasteiger partial charge in [0.05, 0.1) is 0 Å². The Bertz CT molecular complexity index is 316. The van der Waals surface area contributed by atoms with Crippen molar-refractivity contribution in [3.63, 3.8) is 0 Å². The van der Waals surface area contributed by atoms with Crippen molar-refractivity contribution < 1.29 is 0 Å². The molecule has 0 aromatic heterocycles. The van der Waals surface area contributed by atoms with E-state index in [1.54, 1.807) is 0 Å².